The minimum Gasteiger partial charge on any atom is -0.261 e. The number of hydrogen-bond acceptors (Lipinski definition) is 2. The fourth-order valence-electron chi connectivity index (χ4n) is 2.69. The Bertz CT molecular complexity index is 526. The molecule has 19 heavy (non-hydrogen) atoms. The number of nitrogens with zero attached hydrogens (tertiary/aromatic N) is 1. The van der Waals surface area contributed by atoms with Crippen LogP contribution in [-0.4, -0.2) is 4.98 Å². The number of pyridine rings is 1. The van der Waals surface area contributed by atoms with Crippen molar-refractivity contribution in [3.63, 3.8) is 0 Å². The van der Waals surface area contributed by atoms with Crippen LogP contribution in [0.25, 0.3) is 0 Å². The van der Waals surface area contributed by atoms with Gasteiger partial charge >= 0.3 is 0 Å². The smallest absolute Gasteiger partial charge is 0.0570 e. The summed E-state index contributed by atoms with van der Waals surface area (Å²) in [5.74, 6) is 0.404. The maximum absolute atomic E-state index is 4.48. The molecule has 0 N–H and O–H groups in total. The highest BCUT2D eigenvalue weighted by Crippen LogP contribution is 2.42. The van der Waals surface area contributed by atoms with Gasteiger partial charge in [-0.25, -0.2) is 0 Å². The topological polar surface area (TPSA) is 12.9 Å². The molecule has 1 aliphatic carbocycles. The van der Waals surface area contributed by atoms with Crippen molar-refractivity contribution in [2.45, 2.75) is 43.4 Å². The summed E-state index contributed by atoms with van der Waals surface area (Å²) in [5, 5.41) is 0. The minimum atomic E-state index is 0.373. The van der Waals surface area contributed by atoms with E-state index in [1.165, 1.54) is 30.6 Å². The molecule has 0 radical (unpaired) electrons. The van der Waals surface area contributed by atoms with Crippen LogP contribution in [0.2, 0.25) is 0 Å². The first-order valence-electron chi connectivity index (χ1n) is 6.92. The van der Waals surface area contributed by atoms with E-state index in [1.807, 2.05) is 23.6 Å². The van der Waals surface area contributed by atoms with Crippen molar-refractivity contribution in [1.29, 1.82) is 0 Å². The number of alkyl halides is 1. The van der Waals surface area contributed by atoms with Crippen LogP contribution in [-0.2, 0) is 12.8 Å². The van der Waals surface area contributed by atoms with E-state index in [0.717, 1.165) is 5.69 Å². The van der Waals surface area contributed by atoms with E-state index in [2.05, 4.69) is 46.0 Å². The van der Waals surface area contributed by atoms with Crippen LogP contribution in [0.4, 0.5) is 0 Å². The first kappa shape index (κ1) is 13.3. The molecule has 2 heterocycles. The molecule has 0 fully saturated rings. The van der Waals surface area contributed by atoms with Gasteiger partial charge in [-0.1, -0.05) is 28.9 Å². The second-order valence-electron chi connectivity index (χ2n) is 5.25. The Morgan fingerprint density at radius 2 is 2.11 bits per heavy atom. The largest absolute Gasteiger partial charge is 0.261 e. The molecule has 1 aliphatic rings. The van der Waals surface area contributed by atoms with E-state index in [0.29, 0.717) is 10.7 Å². The van der Waals surface area contributed by atoms with Gasteiger partial charge in [-0.15, -0.1) is 11.3 Å². The van der Waals surface area contributed by atoms with E-state index in [1.54, 1.807) is 10.4 Å². The molecule has 2 aromatic rings. The summed E-state index contributed by atoms with van der Waals surface area (Å²) in [5.41, 5.74) is 2.75. The zero-order valence-corrected chi connectivity index (χ0v) is 13.5. The molecule has 0 aliphatic heterocycles. The molecule has 2 atom stereocenters. The first-order valence-corrected chi connectivity index (χ1v) is 8.65. The SMILES string of the molecule is CC(c1ccccn1)C(Br)c1cc2c(s1)CCCC2. The molecule has 3 rings (SSSR count). The third kappa shape index (κ3) is 2.77. The van der Waals surface area contributed by atoms with Gasteiger partial charge in [0.15, 0.2) is 0 Å². The van der Waals surface area contributed by atoms with Crippen LogP contribution < -0.4 is 0 Å². The summed E-state index contributed by atoms with van der Waals surface area (Å²) >= 11 is 5.88. The Morgan fingerprint density at radius 1 is 1.26 bits per heavy atom. The average Bonchev–Trinajstić information content (AvgIpc) is 2.90. The van der Waals surface area contributed by atoms with Crippen molar-refractivity contribution >= 4 is 27.3 Å². The van der Waals surface area contributed by atoms with Crippen molar-refractivity contribution in [2.75, 3.05) is 0 Å². The molecule has 0 spiro atoms. The monoisotopic (exact) mass is 335 g/mol. The normalized spacial score (nSPS) is 17.8. The highest BCUT2D eigenvalue weighted by molar-refractivity contribution is 9.09. The van der Waals surface area contributed by atoms with Crippen LogP contribution in [0.1, 0.15) is 51.5 Å². The standard InChI is InChI=1S/C16H18BrNS/c1-11(13-7-4-5-9-18-13)16(17)15-10-12-6-2-3-8-14(12)19-15/h4-5,7,9-11,16H,2-3,6,8H2,1H3. The summed E-state index contributed by atoms with van der Waals surface area (Å²) in [6.07, 6.45) is 7.13. The number of aromatic nitrogens is 1. The molecule has 2 unspecified atom stereocenters. The van der Waals surface area contributed by atoms with E-state index < -0.39 is 0 Å². The quantitative estimate of drug-likeness (QED) is 0.697. The van der Waals surface area contributed by atoms with Gasteiger partial charge in [-0.2, -0.15) is 0 Å². The predicted octanol–water partition coefficient (Wildman–Crippen LogP) is 5.26. The van der Waals surface area contributed by atoms with Gasteiger partial charge in [0, 0.05) is 27.6 Å². The van der Waals surface area contributed by atoms with Gasteiger partial charge in [0.05, 0.1) is 4.83 Å². The third-order valence-electron chi connectivity index (χ3n) is 3.88. The second-order valence-corrected chi connectivity index (χ2v) is 7.40. The van der Waals surface area contributed by atoms with Crippen molar-refractivity contribution < 1.29 is 0 Å². The molecule has 0 saturated carbocycles. The van der Waals surface area contributed by atoms with Crippen LogP contribution >= 0.6 is 27.3 Å². The van der Waals surface area contributed by atoms with E-state index >= 15 is 0 Å². The summed E-state index contributed by atoms with van der Waals surface area (Å²) in [7, 11) is 0. The van der Waals surface area contributed by atoms with Crippen LogP contribution in [0.5, 0.6) is 0 Å². The second kappa shape index (κ2) is 5.76. The van der Waals surface area contributed by atoms with Crippen LogP contribution in [0.3, 0.4) is 0 Å². The summed E-state index contributed by atoms with van der Waals surface area (Å²) in [6, 6.07) is 8.58. The Kier molecular flexibility index (Phi) is 4.04. The number of aryl methyl sites for hydroxylation is 2. The molecule has 3 heteroatoms. The number of fused-ring (bicyclic) bond motifs is 1. The lowest BCUT2D eigenvalue weighted by atomic mass is 9.97. The maximum atomic E-state index is 4.48. The number of hydrogen-bond donors (Lipinski definition) is 0. The first-order chi connectivity index (χ1) is 9.25. The highest BCUT2D eigenvalue weighted by atomic mass is 79.9. The van der Waals surface area contributed by atoms with Crippen molar-refractivity contribution in [3.8, 4) is 0 Å². The lowest BCUT2D eigenvalue weighted by Gasteiger charge is -2.16. The van der Waals surface area contributed by atoms with Crippen LogP contribution in [0.15, 0.2) is 30.5 Å². The minimum absolute atomic E-state index is 0.373. The summed E-state index contributed by atoms with van der Waals surface area (Å²) in [4.78, 5) is 7.93. The molecular formula is C16H18BrNS. The molecule has 0 aromatic carbocycles. The van der Waals surface area contributed by atoms with Crippen molar-refractivity contribution in [1.82, 2.24) is 4.98 Å². The van der Waals surface area contributed by atoms with Gasteiger partial charge in [-0.3, -0.25) is 4.98 Å². The number of halogens is 1. The fraction of sp³-hybridized carbons (Fsp3) is 0.438. The molecule has 100 valence electrons. The zero-order chi connectivity index (χ0) is 13.2. The average molecular weight is 336 g/mol. The van der Waals surface area contributed by atoms with Crippen molar-refractivity contribution in [2.24, 2.45) is 0 Å². The van der Waals surface area contributed by atoms with E-state index in [-0.39, 0.29) is 0 Å². The van der Waals surface area contributed by atoms with Gasteiger partial charge in [-0.05, 0) is 49.4 Å². The molecule has 0 bridgehead atoms. The number of thiophene rings is 1. The summed E-state index contributed by atoms with van der Waals surface area (Å²) < 4.78 is 0. The maximum Gasteiger partial charge on any atom is 0.0570 e. The van der Waals surface area contributed by atoms with Gasteiger partial charge < -0.3 is 0 Å². The summed E-state index contributed by atoms with van der Waals surface area (Å²) in [6.45, 7) is 2.25. The van der Waals surface area contributed by atoms with Gasteiger partial charge in [0.2, 0.25) is 0 Å². The van der Waals surface area contributed by atoms with E-state index in [9.17, 15) is 0 Å². The van der Waals surface area contributed by atoms with Crippen molar-refractivity contribution in [3.05, 3.63) is 51.5 Å². The third-order valence-corrected chi connectivity index (χ3v) is 6.79. The lowest BCUT2D eigenvalue weighted by Crippen LogP contribution is -2.02. The molecule has 1 nitrogen and oxygen atoms in total. The van der Waals surface area contributed by atoms with E-state index in [4.69, 9.17) is 0 Å². The fourth-order valence-corrected chi connectivity index (χ4v) is 4.72. The molecule has 0 saturated heterocycles. The Balaban J connectivity index is 1.83. The predicted molar refractivity (Wildman–Crippen MR) is 85.3 cm³/mol. The highest BCUT2D eigenvalue weighted by Gasteiger charge is 2.23. The Labute approximate surface area is 127 Å². The molecule has 0 amide bonds. The Morgan fingerprint density at radius 3 is 2.84 bits per heavy atom. The molecular weight excluding hydrogens is 318 g/mol. The molecule has 2 aromatic heterocycles. The lowest BCUT2D eigenvalue weighted by molar-refractivity contribution is 0.696. The van der Waals surface area contributed by atoms with Gasteiger partial charge in [0.1, 0.15) is 0 Å². The Hall–Kier alpha value is -0.670. The number of rotatable bonds is 3. The zero-order valence-electron chi connectivity index (χ0n) is 11.1. The van der Waals surface area contributed by atoms with Crippen LogP contribution in [0, 0.1) is 0 Å². The van der Waals surface area contributed by atoms with Gasteiger partial charge in [0.25, 0.3) is 0 Å².